The van der Waals surface area contributed by atoms with E-state index in [0.717, 1.165) is 48.2 Å². The fraction of sp³-hybridized carbons (Fsp3) is 0.316. The van der Waals surface area contributed by atoms with Gasteiger partial charge < -0.3 is 0 Å². The number of nitrogens with one attached hydrogen (secondary N) is 1. The second-order valence-corrected chi connectivity index (χ2v) is 8.04. The van der Waals surface area contributed by atoms with Crippen molar-refractivity contribution in [2.75, 3.05) is 5.32 Å². The zero-order valence-corrected chi connectivity index (χ0v) is 16.1. The summed E-state index contributed by atoms with van der Waals surface area (Å²) in [5.74, 6) is -1.36. The molecule has 5 nitrogen and oxygen atoms in total. The number of benzene rings is 1. The van der Waals surface area contributed by atoms with E-state index in [1.54, 1.807) is 0 Å². The molecule has 1 amide bonds. The number of rotatable bonds is 3. The van der Waals surface area contributed by atoms with Crippen LogP contribution in [-0.4, -0.2) is 20.7 Å². The second kappa shape index (κ2) is 7.25. The Morgan fingerprint density at radius 1 is 1.31 bits per heavy atom. The Balaban J connectivity index is 1.68. The van der Waals surface area contributed by atoms with Crippen LogP contribution >= 0.6 is 11.3 Å². The molecule has 0 bridgehead atoms. The van der Waals surface area contributed by atoms with E-state index in [4.69, 9.17) is 0 Å². The minimum Gasteiger partial charge on any atom is -0.298 e. The van der Waals surface area contributed by atoms with E-state index in [0.29, 0.717) is 10.6 Å². The van der Waals surface area contributed by atoms with Crippen LogP contribution in [0, 0.1) is 11.7 Å². The lowest BCUT2D eigenvalue weighted by molar-refractivity contribution is -0.143. The number of thiazole rings is 1. The fourth-order valence-corrected chi connectivity index (χ4v) is 4.52. The highest BCUT2D eigenvalue weighted by Crippen LogP contribution is 2.36. The second-order valence-electron chi connectivity index (χ2n) is 6.96. The van der Waals surface area contributed by atoms with Crippen molar-refractivity contribution in [2.45, 2.75) is 32.4 Å². The molecule has 152 valence electrons. The van der Waals surface area contributed by atoms with Gasteiger partial charge in [-0.05, 0) is 37.3 Å². The standard InChI is InChI=1S/C19H16F4N4OS/c1-10-6-7-13-15(8-10)29-18(25-13)26-17(28)11-9-24-27(16(11)19(21,22)23)14-5-3-2-4-12(14)20/h2-5,9-10H,6-8H2,1H3,(H,25,26,28). The number of anilines is 1. The van der Waals surface area contributed by atoms with Gasteiger partial charge in [0.05, 0.1) is 17.5 Å². The molecule has 10 heteroatoms. The van der Waals surface area contributed by atoms with Gasteiger partial charge in [-0.3, -0.25) is 10.1 Å². The van der Waals surface area contributed by atoms with Crippen LogP contribution in [0.5, 0.6) is 0 Å². The quantitative estimate of drug-likeness (QED) is 0.611. The Morgan fingerprint density at radius 2 is 2.07 bits per heavy atom. The molecule has 1 aliphatic rings. The molecule has 1 atom stereocenters. The number of alkyl halides is 3. The van der Waals surface area contributed by atoms with Crippen molar-refractivity contribution in [3.63, 3.8) is 0 Å². The van der Waals surface area contributed by atoms with Gasteiger partial charge in [-0.2, -0.15) is 18.3 Å². The Hall–Kier alpha value is -2.75. The number of hydrogen-bond acceptors (Lipinski definition) is 4. The van der Waals surface area contributed by atoms with Crippen molar-refractivity contribution in [3.05, 3.63) is 58.1 Å². The van der Waals surface area contributed by atoms with Crippen LogP contribution in [0.4, 0.5) is 22.7 Å². The molecular formula is C19H16F4N4OS. The minimum absolute atomic E-state index is 0.251. The van der Waals surface area contributed by atoms with Crippen molar-refractivity contribution < 1.29 is 22.4 Å². The van der Waals surface area contributed by atoms with Crippen LogP contribution in [0.1, 0.15) is 40.0 Å². The summed E-state index contributed by atoms with van der Waals surface area (Å²) in [5, 5.41) is 6.32. The van der Waals surface area contributed by atoms with Crippen molar-refractivity contribution in [1.29, 1.82) is 0 Å². The van der Waals surface area contributed by atoms with E-state index in [1.807, 2.05) is 0 Å². The summed E-state index contributed by atoms with van der Waals surface area (Å²) in [6.07, 6.45) is -1.52. The number of carbonyl (C=O) groups excluding carboxylic acids is 1. The number of halogens is 4. The summed E-state index contributed by atoms with van der Waals surface area (Å²) in [7, 11) is 0. The third-order valence-electron chi connectivity index (χ3n) is 4.77. The molecule has 1 N–H and O–H groups in total. The number of carbonyl (C=O) groups is 1. The van der Waals surface area contributed by atoms with Gasteiger partial charge in [-0.1, -0.05) is 19.1 Å². The van der Waals surface area contributed by atoms with E-state index in [2.05, 4.69) is 22.3 Å². The van der Waals surface area contributed by atoms with E-state index in [-0.39, 0.29) is 5.13 Å². The van der Waals surface area contributed by atoms with Gasteiger partial charge in [0.15, 0.2) is 10.8 Å². The molecule has 2 heterocycles. The van der Waals surface area contributed by atoms with Crippen molar-refractivity contribution >= 4 is 22.4 Å². The van der Waals surface area contributed by atoms with Crippen LogP contribution < -0.4 is 5.32 Å². The summed E-state index contributed by atoms with van der Waals surface area (Å²) in [4.78, 5) is 18.0. The van der Waals surface area contributed by atoms with Crippen LogP contribution in [-0.2, 0) is 19.0 Å². The SMILES string of the molecule is CC1CCc2nc(NC(=O)c3cnn(-c4ccccc4F)c3C(F)(F)F)sc2C1. The molecule has 0 aliphatic heterocycles. The molecule has 0 saturated heterocycles. The highest BCUT2D eigenvalue weighted by Gasteiger charge is 2.41. The molecule has 1 aromatic carbocycles. The lowest BCUT2D eigenvalue weighted by atomic mass is 9.93. The lowest BCUT2D eigenvalue weighted by Crippen LogP contribution is -2.21. The van der Waals surface area contributed by atoms with Crippen molar-refractivity contribution in [3.8, 4) is 5.69 Å². The van der Waals surface area contributed by atoms with Crippen LogP contribution in [0.2, 0.25) is 0 Å². The topological polar surface area (TPSA) is 59.8 Å². The molecule has 2 aromatic heterocycles. The molecule has 0 fully saturated rings. The summed E-state index contributed by atoms with van der Waals surface area (Å²) < 4.78 is 55.6. The summed E-state index contributed by atoms with van der Waals surface area (Å²) in [6.45, 7) is 2.12. The van der Waals surface area contributed by atoms with Crippen molar-refractivity contribution in [2.24, 2.45) is 5.92 Å². The van der Waals surface area contributed by atoms with Gasteiger partial charge >= 0.3 is 6.18 Å². The molecule has 1 unspecified atom stereocenters. The van der Waals surface area contributed by atoms with Gasteiger partial charge in [0.2, 0.25) is 0 Å². The normalized spacial score (nSPS) is 16.5. The molecular weight excluding hydrogens is 408 g/mol. The zero-order valence-electron chi connectivity index (χ0n) is 15.3. The van der Waals surface area contributed by atoms with Crippen molar-refractivity contribution in [1.82, 2.24) is 14.8 Å². The number of para-hydroxylation sites is 1. The predicted octanol–water partition coefficient (Wildman–Crippen LogP) is 4.86. The Labute approximate surface area is 167 Å². The number of fused-ring (bicyclic) bond motifs is 1. The molecule has 0 radical (unpaired) electrons. The first-order chi connectivity index (χ1) is 13.7. The highest BCUT2D eigenvalue weighted by molar-refractivity contribution is 7.15. The third kappa shape index (κ3) is 3.76. The Morgan fingerprint density at radius 3 is 2.79 bits per heavy atom. The predicted molar refractivity (Wildman–Crippen MR) is 99.8 cm³/mol. The van der Waals surface area contributed by atoms with Gasteiger partial charge in [-0.25, -0.2) is 14.1 Å². The summed E-state index contributed by atoms with van der Waals surface area (Å²) in [6, 6.07) is 4.93. The van der Waals surface area contributed by atoms with Gasteiger partial charge in [0.1, 0.15) is 11.5 Å². The average Bonchev–Trinajstić information content (AvgIpc) is 3.25. The first-order valence-corrected chi connectivity index (χ1v) is 9.75. The zero-order chi connectivity index (χ0) is 20.8. The molecule has 1 aliphatic carbocycles. The van der Waals surface area contributed by atoms with Gasteiger partial charge in [-0.15, -0.1) is 11.3 Å². The summed E-state index contributed by atoms with van der Waals surface area (Å²) in [5.41, 5.74) is -1.54. The maximum Gasteiger partial charge on any atom is 0.434 e. The maximum atomic E-state index is 14.0. The van der Waals surface area contributed by atoms with E-state index in [1.165, 1.54) is 23.5 Å². The number of hydrogen-bond donors (Lipinski definition) is 1. The van der Waals surface area contributed by atoms with E-state index < -0.39 is 34.8 Å². The minimum atomic E-state index is -4.91. The van der Waals surface area contributed by atoms with Gasteiger partial charge in [0.25, 0.3) is 5.91 Å². The Bertz CT molecular complexity index is 1070. The summed E-state index contributed by atoms with van der Waals surface area (Å²) >= 11 is 1.27. The number of aromatic nitrogens is 3. The number of nitrogens with zero attached hydrogens (tertiary/aromatic N) is 3. The van der Waals surface area contributed by atoms with E-state index >= 15 is 0 Å². The molecule has 3 aromatic rings. The fourth-order valence-electron chi connectivity index (χ4n) is 3.35. The molecule has 0 saturated carbocycles. The maximum absolute atomic E-state index is 14.0. The highest BCUT2D eigenvalue weighted by atomic mass is 32.1. The number of amides is 1. The smallest absolute Gasteiger partial charge is 0.298 e. The molecule has 29 heavy (non-hydrogen) atoms. The Kier molecular flexibility index (Phi) is 4.89. The first kappa shape index (κ1) is 19.6. The van der Waals surface area contributed by atoms with Gasteiger partial charge in [0, 0.05) is 4.88 Å². The first-order valence-electron chi connectivity index (χ1n) is 8.94. The lowest BCUT2D eigenvalue weighted by Gasteiger charge is -2.15. The molecule has 4 rings (SSSR count). The van der Waals surface area contributed by atoms with Crippen LogP contribution in [0.25, 0.3) is 5.69 Å². The third-order valence-corrected chi connectivity index (χ3v) is 5.80. The molecule has 0 spiro atoms. The number of aryl methyl sites for hydroxylation is 1. The average molecular weight is 424 g/mol. The van der Waals surface area contributed by atoms with Crippen LogP contribution in [0.15, 0.2) is 30.5 Å². The monoisotopic (exact) mass is 424 g/mol. The van der Waals surface area contributed by atoms with Crippen LogP contribution in [0.3, 0.4) is 0 Å². The van der Waals surface area contributed by atoms with E-state index in [9.17, 15) is 22.4 Å². The largest absolute Gasteiger partial charge is 0.434 e.